The van der Waals surface area contributed by atoms with Gasteiger partial charge in [0.1, 0.15) is 12.7 Å². The van der Waals surface area contributed by atoms with E-state index in [1.54, 1.807) is 11.0 Å². The van der Waals surface area contributed by atoms with Gasteiger partial charge in [-0.25, -0.2) is 19.6 Å². The standard InChI is InChI=1S/C20H17N7O/c28-19(16-11-23-20(24-12-16)26-17-4-2-1-3-5-17)22-10-15-6-8-18(9-7-15)27-14-21-13-25-27/h1-9,11-14H,10H2,(H,22,28)(H,23,24,26). The number of nitrogens with zero attached hydrogens (tertiary/aromatic N) is 5. The summed E-state index contributed by atoms with van der Waals surface area (Å²) in [5, 5.41) is 10.0. The minimum absolute atomic E-state index is 0.230. The van der Waals surface area contributed by atoms with Gasteiger partial charge in [-0.2, -0.15) is 5.10 Å². The van der Waals surface area contributed by atoms with E-state index in [0.717, 1.165) is 16.9 Å². The Balaban J connectivity index is 1.33. The Morgan fingerprint density at radius 2 is 1.71 bits per heavy atom. The first-order valence-corrected chi connectivity index (χ1v) is 8.64. The van der Waals surface area contributed by atoms with Gasteiger partial charge in [0.15, 0.2) is 0 Å². The van der Waals surface area contributed by atoms with Gasteiger partial charge in [0, 0.05) is 24.6 Å². The molecule has 0 saturated carbocycles. The molecular weight excluding hydrogens is 354 g/mol. The molecule has 0 bridgehead atoms. The van der Waals surface area contributed by atoms with Crippen molar-refractivity contribution in [2.75, 3.05) is 5.32 Å². The topological polar surface area (TPSA) is 97.6 Å². The Morgan fingerprint density at radius 3 is 2.39 bits per heavy atom. The van der Waals surface area contributed by atoms with Crippen molar-refractivity contribution in [3.8, 4) is 5.69 Å². The van der Waals surface area contributed by atoms with E-state index in [2.05, 4.69) is 30.7 Å². The fourth-order valence-corrected chi connectivity index (χ4v) is 2.55. The highest BCUT2D eigenvalue weighted by molar-refractivity contribution is 5.93. The molecule has 0 radical (unpaired) electrons. The number of hydrogen-bond donors (Lipinski definition) is 2. The molecule has 0 saturated heterocycles. The number of amides is 1. The number of anilines is 2. The molecular formula is C20H17N7O. The molecule has 1 amide bonds. The molecule has 0 aliphatic heterocycles. The van der Waals surface area contributed by atoms with Crippen LogP contribution in [0, 0.1) is 0 Å². The molecule has 4 aromatic rings. The number of para-hydroxylation sites is 1. The Bertz CT molecular complexity index is 1030. The Labute approximate surface area is 161 Å². The monoisotopic (exact) mass is 371 g/mol. The maximum atomic E-state index is 12.3. The third-order valence-corrected chi connectivity index (χ3v) is 4.02. The van der Waals surface area contributed by atoms with Gasteiger partial charge < -0.3 is 10.6 Å². The van der Waals surface area contributed by atoms with Crippen LogP contribution >= 0.6 is 0 Å². The first-order chi connectivity index (χ1) is 13.8. The summed E-state index contributed by atoms with van der Waals surface area (Å²) in [6, 6.07) is 17.3. The largest absolute Gasteiger partial charge is 0.348 e. The molecule has 0 unspecified atom stereocenters. The molecule has 8 nitrogen and oxygen atoms in total. The van der Waals surface area contributed by atoms with Gasteiger partial charge in [0.25, 0.3) is 5.91 Å². The summed E-state index contributed by atoms with van der Waals surface area (Å²) >= 11 is 0. The van der Waals surface area contributed by atoms with E-state index in [1.807, 2.05) is 54.6 Å². The predicted octanol–water partition coefficient (Wildman–Crippen LogP) is 2.73. The van der Waals surface area contributed by atoms with Gasteiger partial charge in [0.05, 0.1) is 11.3 Å². The van der Waals surface area contributed by atoms with Crippen molar-refractivity contribution in [3.05, 3.63) is 90.8 Å². The number of benzene rings is 2. The molecule has 2 N–H and O–H groups in total. The van der Waals surface area contributed by atoms with Gasteiger partial charge in [-0.15, -0.1) is 0 Å². The van der Waals surface area contributed by atoms with Gasteiger partial charge in [-0.1, -0.05) is 30.3 Å². The van der Waals surface area contributed by atoms with Crippen LogP contribution < -0.4 is 10.6 Å². The molecule has 138 valence electrons. The van der Waals surface area contributed by atoms with Crippen LogP contribution in [0.2, 0.25) is 0 Å². The third kappa shape index (κ3) is 4.18. The first-order valence-electron chi connectivity index (χ1n) is 8.64. The average Bonchev–Trinajstić information content (AvgIpc) is 3.29. The highest BCUT2D eigenvalue weighted by Crippen LogP contribution is 2.12. The fourth-order valence-electron chi connectivity index (χ4n) is 2.55. The van der Waals surface area contributed by atoms with Crippen LogP contribution in [0.5, 0.6) is 0 Å². The van der Waals surface area contributed by atoms with E-state index in [9.17, 15) is 4.79 Å². The van der Waals surface area contributed by atoms with E-state index in [1.165, 1.54) is 18.7 Å². The van der Waals surface area contributed by atoms with Gasteiger partial charge in [-0.3, -0.25) is 4.79 Å². The smallest absolute Gasteiger partial charge is 0.254 e. The van der Waals surface area contributed by atoms with Crippen LogP contribution in [0.4, 0.5) is 11.6 Å². The third-order valence-electron chi connectivity index (χ3n) is 4.02. The molecule has 2 aromatic heterocycles. The summed E-state index contributed by atoms with van der Waals surface area (Å²) in [6.45, 7) is 0.403. The van der Waals surface area contributed by atoms with E-state index in [4.69, 9.17) is 0 Å². The average molecular weight is 371 g/mol. The molecule has 0 spiro atoms. The molecule has 8 heteroatoms. The SMILES string of the molecule is O=C(NCc1ccc(-n2cncn2)cc1)c1cnc(Nc2ccccc2)nc1. The van der Waals surface area contributed by atoms with Gasteiger partial charge in [0.2, 0.25) is 5.95 Å². The summed E-state index contributed by atoms with van der Waals surface area (Å²) in [7, 11) is 0. The Kier molecular flexibility index (Phi) is 5.01. The van der Waals surface area contributed by atoms with Crippen molar-refractivity contribution in [3.63, 3.8) is 0 Å². The van der Waals surface area contributed by atoms with Crippen LogP contribution in [0.15, 0.2) is 79.6 Å². The Morgan fingerprint density at radius 1 is 0.964 bits per heavy atom. The predicted molar refractivity (Wildman–Crippen MR) is 104 cm³/mol. The summed E-state index contributed by atoms with van der Waals surface area (Å²) < 4.78 is 1.67. The van der Waals surface area contributed by atoms with E-state index in [0.29, 0.717) is 18.1 Å². The molecule has 28 heavy (non-hydrogen) atoms. The minimum atomic E-state index is -0.230. The summed E-state index contributed by atoms with van der Waals surface area (Å²) in [4.78, 5) is 24.6. The maximum Gasteiger partial charge on any atom is 0.254 e. The van der Waals surface area contributed by atoms with Crippen LogP contribution in [0.3, 0.4) is 0 Å². The van der Waals surface area contributed by atoms with E-state index in [-0.39, 0.29) is 5.91 Å². The normalized spacial score (nSPS) is 10.4. The van der Waals surface area contributed by atoms with Crippen LogP contribution in [-0.2, 0) is 6.54 Å². The highest BCUT2D eigenvalue weighted by atomic mass is 16.1. The molecule has 2 aromatic carbocycles. The zero-order valence-corrected chi connectivity index (χ0v) is 14.9. The molecule has 0 aliphatic rings. The van der Waals surface area contributed by atoms with E-state index >= 15 is 0 Å². The lowest BCUT2D eigenvalue weighted by atomic mass is 10.2. The first kappa shape index (κ1) is 17.3. The molecule has 0 atom stereocenters. The van der Waals surface area contributed by atoms with Crippen LogP contribution in [0.1, 0.15) is 15.9 Å². The fraction of sp³-hybridized carbons (Fsp3) is 0.0500. The summed E-state index contributed by atoms with van der Waals surface area (Å²) in [5.41, 5.74) is 3.16. The molecule has 2 heterocycles. The number of nitrogens with one attached hydrogen (secondary N) is 2. The summed E-state index contributed by atoms with van der Waals surface area (Å²) in [5.74, 6) is 0.207. The van der Waals surface area contributed by atoms with Gasteiger partial charge in [-0.05, 0) is 29.8 Å². The number of aromatic nitrogens is 5. The molecule has 4 rings (SSSR count). The van der Waals surface area contributed by atoms with Crippen molar-refractivity contribution in [2.24, 2.45) is 0 Å². The zero-order valence-electron chi connectivity index (χ0n) is 14.9. The second-order valence-electron chi connectivity index (χ2n) is 5.98. The molecule has 0 fully saturated rings. The maximum absolute atomic E-state index is 12.3. The van der Waals surface area contributed by atoms with Crippen molar-refractivity contribution in [2.45, 2.75) is 6.54 Å². The number of carbonyl (C=O) groups excluding carboxylic acids is 1. The van der Waals surface area contributed by atoms with E-state index < -0.39 is 0 Å². The van der Waals surface area contributed by atoms with Gasteiger partial charge >= 0.3 is 0 Å². The second kappa shape index (κ2) is 8.09. The van der Waals surface area contributed by atoms with Crippen molar-refractivity contribution in [1.82, 2.24) is 30.0 Å². The summed E-state index contributed by atoms with van der Waals surface area (Å²) in [6.07, 6.45) is 6.12. The number of carbonyl (C=O) groups is 1. The minimum Gasteiger partial charge on any atom is -0.348 e. The van der Waals surface area contributed by atoms with Crippen LogP contribution in [-0.4, -0.2) is 30.6 Å². The number of rotatable bonds is 6. The lowest BCUT2D eigenvalue weighted by molar-refractivity contribution is 0.0950. The second-order valence-corrected chi connectivity index (χ2v) is 5.98. The molecule has 0 aliphatic carbocycles. The van der Waals surface area contributed by atoms with Crippen molar-refractivity contribution < 1.29 is 4.79 Å². The van der Waals surface area contributed by atoms with Crippen molar-refractivity contribution in [1.29, 1.82) is 0 Å². The number of hydrogen-bond acceptors (Lipinski definition) is 6. The van der Waals surface area contributed by atoms with Crippen LogP contribution in [0.25, 0.3) is 5.69 Å². The van der Waals surface area contributed by atoms with Crippen molar-refractivity contribution >= 4 is 17.5 Å². The highest BCUT2D eigenvalue weighted by Gasteiger charge is 2.07. The quantitative estimate of drug-likeness (QED) is 0.541. The lowest BCUT2D eigenvalue weighted by Gasteiger charge is -2.07. The Hall–Kier alpha value is -4.07. The zero-order chi connectivity index (χ0) is 19.2. The lowest BCUT2D eigenvalue weighted by Crippen LogP contribution is -2.23.